The van der Waals surface area contributed by atoms with Crippen LogP contribution in [0.15, 0.2) is 24.3 Å². The van der Waals surface area contributed by atoms with Gasteiger partial charge in [0.15, 0.2) is 5.82 Å². The summed E-state index contributed by atoms with van der Waals surface area (Å²) in [5, 5.41) is 12.2. The minimum Gasteiger partial charge on any atom is -0.495 e. The Morgan fingerprint density at radius 3 is 2.65 bits per heavy atom. The number of nitrogens with zero attached hydrogens (tertiary/aromatic N) is 6. The Morgan fingerprint density at radius 2 is 1.91 bits per heavy atom. The summed E-state index contributed by atoms with van der Waals surface area (Å²) in [6, 6.07) is 8.76. The van der Waals surface area contributed by atoms with Crippen LogP contribution in [0.3, 0.4) is 0 Å². The zero-order valence-electron chi connectivity index (χ0n) is 13.4. The van der Waals surface area contributed by atoms with Gasteiger partial charge >= 0.3 is 0 Å². The molecule has 1 saturated heterocycles. The molecule has 1 aliphatic carbocycles. The average molecular weight is 314 g/mol. The van der Waals surface area contributed by atoms with Crippen LogP contribution in [0.4, 0.5) is 5.69 Å². The number of rotatable bonds is 5. The highest BCUT2D eigenvalue weighted by Crippen LogP contribution is 2.34. The molecule has 0 bridgehead atoms. The summed E-state index contributed by atoms with van der Waals surface area (Å²) < 4.78 is 7.48. The van der Waals surface area contributed by atoms with E-state index < -0.39 is 0 Å². The fourth-order valence-corrected chi connectivity index (χ4v) is 3.16. The summed E-state index contributed by atoms with van der Waals surface area (Å²) in [7, 11) is 1.73. The maximum absolute atomic E-state index is 5.47. The van der Waals surface area contributed by atoms with Crippen LogP contribution in [0.2, 0.25) is 0 Å². The summed E-state index contributed by atoms with van der Waals surface area (Å²) in [6.07, 6.45) is 2.42. The number of hydrogen-bond acceptors (Lipinski definition) is 6. The number of benzene rings is 1. The van der Waals surface area contributed by atoms with Gasteiger partial charge < -0.3 is 9.64 Å². The van der Waals surface area contributed by atoms with Crippen molar-refractivity contribution in [1.29, 1.82) is 0 Å². The first-order valence-electron chi connectivity index (χ1n) is 8.22. The van der Waals surface area contributed by atoms with Crippen molar-refractivity contribution in [3.05, 3.63) is 30.1 Å². The lowest BCUT2D eigenvalue weighted by Gasteiger charge is -2.36. The minimum absolute atomic E-state index is 0.537. The number of hydrogen-bond donors (Lipinski definition) is 0. The fraction of sp³-hybridized carbons (Fsp3) is 0.562. The van der Waals surface area contributed by atoms with Crippen LogP contribution >= 0.6 is 0 Å². The molecule has 7 nitrogen and oxygen atoms in total. The first kappa shape index (κ1) is 14.4. The quantitative estimate of drug-likeness (QED) is 0.830. The molecule has 0 unspecified atom stereocenters. The highest BCUT2D eigenvalue weighted by Gasteiger charge is 2.29. The van der Waals surface area contributed by atoms with E-state index in [2.05, 4.69) is 37.5 Å². The van der Waals surface area contributed by atoms with Gasteiger partial charge in [-0.3, -0.25) is 4.90 Å². The van der Waals surface area contributed by atoms with Gasteiger partial charge in [-0.25, -0.2) is 4.68 Å². The fourth-order valence-electron chi connectivity index (χ4n) is 3.16. The Labute approximate surface area is 135 Å². The predicted molar refractivity (Wildman–Crippen MR) is 86.6 cm³/mol. The molecule has 2 fully saturated rings. The smallest absolute Gasteiger partial charge is 0.165 e. The minimum atomic E-state index is 0.537. The monoisotopic (exact) mass is 314 g/mol. The lowest BCUT2D eigenvalue weighted by molar-refractivity contribution is 0.238. The summed E-state index contributed by atoms with van der Waals surface area (Å²) >= 11 is 0. The van der Waals surface area contributed by atoms with E-state index in [9.17, 15) is 0 Å². The number of methoxy groups -OCH3 is 1. The van der Waals surface area contributed by atoms with Crippen LogP contribution < -0.4 is 9.64 Å². The number of para-hydroxylation sites is 2. The van der Waals surface area contributed by atoms with Crippen molar-refractivity contribution in [3.63, 3.8) is 0 Å². The van der Waals surface area contributed by atoms with Crippen molar-refractivity contribution in [2.24, 2.45) is 0 Å². The molecule has 0 spiro atoms. The van der Waals surface area contributed by atoms with Crippen LogP contribution in [0.5, 0.6) is 5.75 Å². The van der Waals surface area contributed by atoms with Gasteiger partial charge in [0.2, 0.25) is 0 Å². The molecule has 0 atom stereocenters. The third kappa shape index (κ3) is 3.01. The Morgan fingerprint density at radius 1 is 1.13 bits per heavy atom. The van der Waals surface area contributed by atoms with Crippen molar-refractivity contribution in [3.8, 4) is 5.75 Å². The molecule has 4 rings (SSSR count). The summed E-state index contributed by atoms with van der Waals surface area (Å²) in [5.41, 5.74) is 1.18. The standard InChI is InChI=1S/C16H22N6O/c1-23-15-5-3-2-4-14(15)21-10-8-20(9-11-21)12-16-17-18-19-22(16)13-6-7-13/h2-5,13H,6-12H2,1H3. The number of piperazine rings is 1. The molecule has 0 radical (unpaired) electrons. The molecule has 0 amide bonds. The predicted octanol–water partition coefficient (Wildman–Crippen LogP) is 1.34. The Kier molecular flexibility index (Phi) is 3.87. The van der Waals surface area contributed by atoms with Gasteiger partial charge in [0, 0.05) is 26.2 Å². The highest BCUT2D eigenvalue weighted by atomic mass is 16.5. The molecule has 2 heterocycles. The number of aromatic nitrogens is 4. The van der Waals surface area contributed by atoms with Crippen LogP contribution in [-0.4, -0.2) is 58.4 Å². The first-order valence-corrected chi connectivity index (χ1v) is 8.22. The normalized spacial score (nSPS) is 19.1. The van der Waals surface area contributed by atoms with Gasteiger partial charge in [-0.15, -0.1) is 5.10 Å². The molecule has 1 aromatic carbocycles. The van der Waals surface area contributed by atoms with Crippen LogP contribution in [0.1, 0.15) is 24.7 Å². The third-order valence-electron chi connectivity index (χ3n) is 4.62. The largest absolute Gasteiger partial charge is 0.495 e. The molecular weight excluding hydrogens is 292 g/mol. The maximum atomic E-state index is 5.47. The Balaban J connectivity index is 1.38. The SMILES string of the molecule is COc1ccccc1N1CCN(Cc2nnnn2C2CC2)CC1. The molecule has 0 N–H and O–H groups in total. The topological polar surface area (TPSA) is 59.3 Å². The molecule has 2 aliphatic rings. The molecule has 7 heteroatoms. The van der Waals surface area contributed by atoms with E-state index in [-0.39, 0.29) is 0 Å². The number of ether oxygens (including phenoxy) is 1. The molecule has 1 saturated carbocycles. The van der Waals surface area contributed by atoms with E-state index in [1.807, 2.05) is 16.8 Å². The van der Waals surface area contributed by atoms with Gasteiger partial charge in [0.05, 0.1) is 25.4 Å². The first-order chi connectivity index (χ1) is 11.3. The van der Waals surface area contributed by atoms with Gasteiger partial charge in [0.1, 0.15) is 5.75 Å². The molecule has 122 valence electrons. The van der Waals surface area contributed by atoms with Crippen molar-refractivity contribution in [2.75, 3.05) is 38.2 Å². The van der Waals surface area contributed by atoms with E-state index in [1.54, 1.807) is 7.11 Å². The van der Waals surface area contributed by atoms with Crippen molar-refractivity contribution < 1.29 is 4.74 Å². The van der Waals surface area contributed by atoms with Crippen molar-refractivity contribution in [1.82, 2.24) is 25.1 Å². The number of tetrazole rings is 1. The molecule has 23 heavy (non-hydrogen) atoms. The van der Waals surface area contributed by atoms with E-state index in [4.69, 9.17) is 4.74 Å². The van der Waals surface area contributed by atoms with Gasteiger partial charge in [0.25, 0.3) is 0 Å². The van der Waals surface area contributed by atoms with E-state index >= 15 is 0 Å². The zero-order chi connectivity index (χ0) is 15.6. The Hall–Kier alpha value is -2.15. The highest BCUT2D eigenvalue weighted by molar-refractivity contribution is 5.58. The maximum Gasteiger partial charge on any atom is 0.165 e. The van der Waals surface area contributed by atoms with E-state index in [0.29, 0.717) is 6.04 Å². The third-order valence-corrected chi connectivity index (χ3v) is 4.62. The molecule has 1 aromatic heterocycles. The second-order valence-electron chi connectivity index (χ2n) is 6.21. The lowest BCUT2D eigenvalue weighted by atomic mass is 10.2. The number of anilines is 1. The summed E-state index contributed by atoms with van der Waals surface area (Å²) in [6.45, 7) is 4.84. The molecule has 1 aliphatic heterocycles. The van der Waals surface area contributed by atoms with Crippen molar-refractivity contribution >= 4 is 5.69 Å². The molecular formula is C16H22N6O. The average Bonchev–Trinajstić information content (AvgIpc) is 3.35. The second kappa shape index (κ2) is 6.16. The summed E-state index contributed by atoms with van der Waals surface area (Å²) in [4.78, 5) is 4.82. The second-order valence-corrected chi connectivity index (χ2v) is 6.21. The zero-order valence-corrected chi connectivity index (χ0v) is 13.4. The van der Waals surface area contributed by atoms with Gasteiger partial charge in [-0.05, 0) is 35.4 Å². The van der Waals surface area contributed by atoms with Crippen LogP contribution in [0.25, 0.3) is 0 Å². The van der Waals surface area contributed by atoms with E-state index in [0.717, 1.165) is 44.3 Å². The van der Waals surface area contributed by atoms with Crippen molar-refractivity contribution in [2.45, 2.75) is 25.4 Å². The van der Waals surface area contributed by atoms with Crippen LogP contribution in [-0.2, 0) is 6.54 Å². The Bertz CT molecular complexity index is 660. The lowest BCUT2D eigenvalue weighted by Crippen LogP contribution is -2.46. The summed E-state index contributed by atoms with van der Waals surface area (Å²) in [5.74, 6) is 1.94. The molecule has 2 aromatic rings. The van der Waals surface area contributed by atoms with Gasteiger partial charge in [-0.2, -0.15) is 0 Å². The van der Waals surface area contributed by atoms with Crippen LogP contribution in [0, 0.1) is 0 Å². The van der Waals surface area contributed by atoms with E-state index in [1.165, 1.54) is 18.5 Å². The van der Waals surface area contributed by atoms with Gasteiger partial charge in [-0.1, -0.05) is 12.1 Å².